The van der Waals surface area contributed by atoms with Crippen LogP contribution in [0.3, 0.4) is 0 Å². The Balaban J connectivity index is 1.93. The summed E-state index contributed by atoms with van der Waals surface area (Å²) in [6, 6.07) is 20.4. The van der Waals surface area contributed by atoms with E-state index in [2.05, 4.69) is 52.0 Å². The van der Waals surface area contributed by atoms with E-state index in [9.17, 15) is 0 Å². The normalized spacial score (nSPS) is 13.0. The molecule has 25 heavy (non-hydrogen) atoms. The van der Waals surface area contributed by atoms with E-state index in [1.165, 1.54) is 11.1 Å². The fourth-order valence-corrected chi connectivity index (χ4v) is 5.20. The molecule has 2 nitrogen and oxygen atoms in total. The van der Waals surface area contributed by atoms with Crippen molar-refractivity contribution >= 4 is 18.6 Å². The molecule has 5 heteroatoms. The zero-order valence-electron chi connectivity index (χ0n) is 15.3. The van der Waals surface area contributed by atoms with E-state index < -0.39 is 15.2 Å². The van der Waals surface area contributed by atoms with Crippen LogP contribution in [0, 0.1) is 0 Å². The third-order valence-electron chi connectivity index (χ3n) is 4.31. The molecule has 2 rings (SSSR count). The molecule has 0 spiro atoms. The first-order valence-electron chi connectivity index (χ1n) is 8.39. The third-order valence-corrected chi connectivity index (χ3v) is 7.61. The van der Waals surface area contributed by atoms with E-state index in [4.69, 9.17) is 25.2 Å². The first-order chi connectivity index (χ1) is 11.6. The summed E-state index contributed by atoms with van der Waals surface area (Å²) in [6.07, 6.45) is 0. The molecular weight excluding hydrogens is 391 g/mol. The molecule has 0 fully saturated rings. The van der Waals surface area contributed by atoms with Crippen LogP contribution in [0.15, 0.2) is 60.7 Å². The van der Waals surface area contributed by atoms with Gasteiger partial charge in [-0.2, -0.15) is 0 Å². The van der Waals surface area contributed by atoms with E-state index in [0.717, 1.165) is 0 Å². The maximum absolute atomic E-state index is 6.43. The number of halogens is 2. The molecule has 0 aliphatic rings. The molecule has 0 saturated heterocycles. The molecule has 0 amide bonds. The van der Waals surface area contributed by atoms with Crippen molar-refractivity contribution in [3.05, 3.63) is 71.8 Å². The summed E-state index contributed by atoms with van der Waals surface area (Å²) in [5.41, 5.74) is 2.01. The van der Waals surface area contributed by atoms with Gasteiger partial charge in [-0.05, 0) is 0 Å². The van der Waals surface area contributed by atoms with Crippen LogP contribution in [0.1, 0.15) is 38.8 Å². The van der Waals surface area contributed by atoms with Crippen molar-refractivity contribution in [2.45, 2.75) is 38.5 Å². The van der Waals surface area contributed by atoms with Crippen molar-refractivity contribution < 1.29 is 21.9 Å². The van der Waals surface area contributed by atoms with Gasteiger partial charge in [0.2, 0.25) is 0 Å². The fraction of sp³-hybridized carbons (Fsp3) is 0.400. The van der Waals surface area contributed by atoms with Crippen molar-refractivity contribution in [2.24, 2.45) is 0 Å². The molecule has 0 radical (unpaired) electrons. The quantitative estimate of drug-likeness (QED) is 0.472. The van der Waals surface area contributed by atoms with Crippen LogP contribution in [-0.2, 0) is 32.7 Å². The number of hydrogen-bond acceptors (Lipinski definition) is 2. The van der Waals surface area contributed by atoms with Gasteiger partial charge in [-0.3, -0.25) is 0 Å². The summed E-state index contributed by atoms with van der Waals surface area (Å²) in [4.78, 5) is 0. The van der Waals surface area contributed by atoms with Gasteiger partial charge in [0, 0.05) is 0 Å². The Morgan fingerprint density at radius 3 is 1.32 bits per heavy atom. The second-order valence-corrected chi connectivity index (χ2v) is 14.8. The second-order valence-electron chi connectivity index (χ2n) is 7.54. The predicted octanol–water partition coefficient (Wildman–Crippen LogP) is 6.27. The molecule has 0 N–H and O–H groups in total. The Hall–Kier alpha value is -0.346. The second kappa shape index (κ2) is 8.56. The van der Waals surface area contributed by atoms with Gasteiger partial charge in [0.1, 0.15) is 0 Å². The molecule has 2 aromatic carbocycles. The molecule has 136 valence electrons. The summed E-state index contributed by atoms with van der Waals surface area (Å²) in [5.74, 6) is 0. The standard InChI is InChI=1S/2C10H13O.2ClH.Ti/c2*1-10(2,8-11)9-6-4-3-5-7-9;;;/h2*3-7H,8H2,1-2H3;2*1H;/q2*-1;;;+4/p-2. The van der Waals surface area contributed by atoms with Crippen LogP contribution in [0.2, 0.25) is 0 Å². The van der Waals surface area contributed by atoms with Crippen molar-refractivity contribution in [1.82, 2.24) is 0 Å². The van der Waals surface area contributed by atoms with E-state index in [-0.39, 0.29) is 10.8 Å². The van der Waals surface area contributed by atoms with E-state index in [0.29, 0.717) is 13.2 Å². The van der Waals surface area contributed by atoms with Crippen molar-refractivity contribution in [3.8, 4) is 0 Å². The van der Waals surface area contributed by atoms with Crippen LogP contribution in [0.4, 0.5) is 0 Å². The molecule has 0 atom stereocenters. The summed E-state index contributed by atoms with van der Waals surface area (Å²) in [5, 5.41) is 0. The van der Waals surface area contributed by atoms with Gasteiger partial charge in [0.25, 0.3) is 0 Å². The van der Waals surface area contributed by atoms with E-state index >= 15 is 0 Å². The van der Waals surface area contributed by atoms with Gasteiger partial charge in [0.15, 0.2) is 0 Å². The zero-order chi connectivity index (χ0) is 18.6. The third kappa shape index (κ3) is 6.39. The number of rotatable bonds is 8. The van der Waals surface area contributed by atoms with Crippen LogP contribution in [0.25, 0.3) is 0 Å². The minimum atomic E-state index is -3.79. The summed E-state index contributed by atoms with van der Waals surface area (Å²) >= 11 is -3.79. The van der Waals surface area contributed by atoms with Crippen molar-refractivity contribution in [2.75, 3.05) is 13.2 Å². The van der Waals surface area contributed by atoms with Gasteiger partial charge in [-0.15, -0.1) is 0 Å². The number of hydrogen-bond donors (Lipinski definition) is 0. The first-order valence-corrected chi connectivity index (χ1v) is 14.0. The Kier molecular flexibility index (Phi) is 7.18. The van der Waals surface area contributed by atoms with Gasteiger partial charge < -0.3 is 0 Å². The van der Waals surface area contributed by atoms with E-state index in [1.807, 2.05) is 36.4 Å². The van der Waals surface area contributed by atoms with Gasteiger partial charge in [0.05, 0.1) is 0 Å². The van der Waals surface area contributed by atoms with E-state index in [1.54, 1.807) is 0 Å². The fourth-order valence-electron chi connectivity index (χ4n) is 2.52. The Morgan fingerprint density at radius 1 is 0.680 bits per heavy atom. The molecular formula is C20H26Cl2O2Ti. The molecule has 0 bridgehead atoms. The van der Waals surface area contributed by atoms with Crippen LogP contribution in [0.5, 0.6) is 0 Å². The Bertz CT molecular complexity index is 600. The molecule has 0 aliphatic heterocycles. The summed E-state index contributed by atoms with van der Waals surface area (Å²) in [6.45, 7) is 9.31. The average Bonchev–Trinajstić information content (AvgIpc) is 2.60. The minimum absolute atomic E-state index is 0.181. The van der Waals surface area contributed by atoms with Crippen molar-refractivity contribution in [3.63, 3.8) is 0 Å². The molecule has 0 aromatic heterocycles. The average molecular weight is 417 g/mol. The monoisotopic (exact) mass is 416 g/mol. The van der Waals surface area contributed by atoms with Crippen LogP contribution < -0.4 is 0 Å². The molecule has 0 saturated carbocycles. The Morgan fingerprint density at radius 2 is 1.00 bits per heavy atom. The molecule has 0 unspecified atom stereocenters. The number of benzene rings is 2. The summed E-state index contributed by atoms with van der Waals surface area (Å²) < 4.78 is 11.8. The van der Waals surface area contributed by atoms with Crippen LogP contribution in [-0.4, -0.2) is 13.2 Å². The van der Waals surface area contributed by atoms with Crippen LogP contribution >= 0.6 is 18.6 Å². The van der Waals surface area contributed by atoms with Gasteiger partial charge in [-0.25, -0.2) is 0 Å². The molecule has 0 aliphatic carbocycles. The molecule has 0 heterocycles. The maximum atomic E-state index is 6.43. The zero-order valence-corrected chi connectivity index (χ0v) is 18.3. The van der Waals surface area contributed by atoms with Crippen molar-refractivity contribution in [1.29, 1.82) is 0 Å². The SMILES string of the molecule is CC(C)(C[O][Ti]([Cl])([Cl])[O]CC(C)(C)c1ccccc1)c1ccccc1. The summed E-state index contributed by atoms with van der Waals surface area (Å²) in [7, 11) is 12.9. The predicted molar refractivity (Wildman–Crippen MR) is 103 cm³/mol. The van der Waals surface area contributed by atoms with Gasteiger partial charge >= 0.3 is 164 Å². The topological polar surface area (TPSA) is 18.5 Å². The Labute approximate surface area is 163 Å². The molecule has 2 aromatic rings. The first kappa shape index (κ1) is 21.0. The van der Waals surface area contributed by atoms with Gasteiger partial charge in [-0.1, -0.05) is 0 Å².